The predicted octanol–water partition coefficient (Wildman–Crippen LogP) is 1.17. The van der Waals surface area contributed by atoms with Gasteiger partial charge in [0.2, 0.25) is 15.8 Å². The number of hydrogen-bond donors (Lipinski definition) is 2. The second-order valence-electron chi connectivity index (χ2n) is 7.15. The van der Waals surface area contributed by atoms with E-state index in [1.807, 2.05) is 15.5 Å². The van der Waals surface area contributed by atoms with E-state index < -0.39 is 27.1 Å². The third-order valence-corrected chi connectivity index (χ3v) is 6.73. The smallest absolute Gasteiger partial charge is 0.290 e. The first-order valence-electron chi connectivity index (χ1n) is 9.14. The highest BCUT2D eigenvalue weighted by molar-refractivity contribution is 7.92. The highest BCUT2D eigenvalue weighted by Crippen LogP contribution is 2.20. The molecule has 0 radical (unpaired) electrons. The van der Waals surface area contributed by atoms with E-state index in [0.29, 0.717) is 5.56 Å². The molecule has 0 bridgehead atoms. The molecule has 2 N–H and O–H groups in total. The summed E-state index contributed by atoms with van der Waals surface area (Å²) in [6.07, 6.45) is 0.0464. The van der Waals surface area contributed by atoms with Gasteiger partial charge in [-0.1, -0.05) is 23.2 Å². The second-order valence-corrected chi connectivity index (χ2v) is 9.73. The fourth-order valence-electron chi connectivity index (χ4n) is 3.17. The summed E-state index contributed by atoms with van der Waals surface area (Å²) in [5.41, 5.74) is -0.289. The number of rotatable bonds is 8. The molecule has 0 aliphatic carbocycles. The van der Waals surface area contributed by atoms with Crippen molar-refractivity contribution in [2.75, 3.05) is 5.75 Å². The standard InChI is InChI=1S/C19H23N4O5PS/c1-11(2)15-16(17(24)14-8-12(3)7-13(9-14)10-20)23(19(26)21-18(15)25)5-4-6-30(27,28)22-29/h7-9,11,22H,4-6,29H2,1-3H3,(H,21,25,26). The molecule has 0 amide bonds. The number of ketones is 1. The summed E-state index contributed by atoms with van der Waals surface area (Å²) >= 11 is 0. The van der Waals surface area contributed by atoms with E-state index in [1.54, 1.807) is 32.9 Å². The van der Waals surface area contributed by atoms with Gasteiger partial charge in [0.05, 0.1) is 17.4 Å². The van der Waals surface area contributed by atoms with Gasteiger partial charge >= 0.3 is 5.69 Å². The van der Waals surface area contributed by atoms with E-state index in [2.05, 4.69) is 9.48 Å². The van der Waals surface area contributed by atoms with Crippen molar-refractivity contribution >= 4 is 25.2 Å². The van der Waals surface area contributed by atoms with Crippen molar-refractivity contribution < 1.29 is 13.2 Å². The topological polar surface area (TPSA) is 142 Å². The number of carbonyl (C=O) groups is 1. The molecule has 2 rings (SSSR count). The Bertz CT molecular complexity index is 1240. The van der Waals surface area contributed by atoms with E-state index >= 15 is 0 Å². The monoisotopic (exact) mass is 450 g/mol. The number of aryl methyl sites for hydroxylation is 1. The maximum atomic E-state index is 13.4. The average molecular weight is 450 g/mol. The SMILES string of the molecule is Cc1cc(C#N)cc(C(=O)c2c(C(C)C)c(=O)[nH]c(=O)n2CCCS(=O)(=O)NP)c1. The van der Waals surface area contributed by atoms with Crippen LogP contribution in [-0.4, -0.2) is 29.5 Å². The maximum Gasteiger partial charge on any atom is 0.328 e. The Balaban J connectivity index is 2.67. The predicted molar refractivity (Wildman–Crippen MR) is 116 cm³/mol. The third-order valence-electron chi connectivity index (χ3n) is 4.47. The normalized spacial score (nSPS) is 11.5. The van der Waals surface area contributed by atoms with Gasteiger partial charge in [-0.3, -0.25) is 19.1 Å². The number of H-pyrrole nitrogens is 1. The number of carbonyl (C=O) groups excluding carboxylic acids is 1. The number of benzene rings is 1. The van der Waals surface area contributed by atoms with Crippen LogP contribution in [0.5, 0.6) is 0 Å². The van der Waals surface area contributed by atoms with Crippen LogP contribution in [0.4, 0.5) is 0 Å². The van der Waals surface area contributed by atoms with Gasteiger partial charge in [0, 0.05) is 17.7 Å². The molecule has 0 fully saturated rings. The molecule has 1 atom stereocenters. The summed E-state index contributed by atoms with van der Waals surface area (Å²) in [6.45, 7) is 5.08. The van der Waals surface area contributed by atoms with Crippen LogP contribution in [0.3, 0.4) is 0 Å². The Kier molecular flexibility index (Phi) is 7.48. The van der Waals surface area contributed by atoms with Gasteiger partial charge < -0.3 is 0 Å². The lowest BCUT2D eigenvalue weighted by Gasteiger charge is -2.17. The zero-order valence-corrected chi connectivity index (χ0v) is 18.8. The van der Waals surface area contributed by atoms with Crippen molar-refractivity contribution in [1.29, 1.82) is 5.26 Å². The molecule has 1 aromatic carbocycles. The van der Waals surface area contributed by atoms with E-state index in [1.165, 1.54) is 6.07 Å². The van der Waals surface area contributed by atoms with Crippen LogP contribution in [-0.2, 0) is 16.6 Å². The van der Waals surface area contributed by atoms with Gasteiger partial charge in [-0.05, 0) is 43.0 Å². The molecule has 0 aliphatic heterocycles. The highest BCUT2D eigenvalue weighted by atomic mass is 32.2. The summed E-state index contributed by atoms with van der Waals surface area (Å²) in [5, 5.41) is 9.20. The van der Waals surface area contributed by atoms with E-state index in [4.69, 9.17) is 0 Å². The van der Waals surface area contributed by atoms with Crippen molar-refractivity contribution in [3.63, 3.8) is 0 Å². The Hall–Kier alpha value is -2.60. The van der Waals surface area contributed by atoms with Crippen LogP contribution in [0.1, 0.15) is 58.9 Å². The molecule has 2 aromatic rings. The van der Waals surface area contributed by atoms with Gasteiger partial charge in [0.25, 0.3) is 5.56 Å². The number of nitrogens with zero attached hydrogens (tertiary/aromatic N) is 2. The lowest BCUT2D eigenvalue weighted by molar-refractivity contribution is 0.102. The quantitative estimate of drug-likeness (QED) is 0.457. The van der Waals surface area contributed by atoms with Crippen LogP contribution < -0.4 is 15.7 Å². The summed E-state index contributed by atoms with van der Waals surface area (Å²) in [6, 6.07) is 6.58. The molecule has 0 aliphatic rings. The first kappa shape index (κ1) is 23.7. The Labute approximate surface area is 176 Å². The van der Waals surface area contributed by atoms with Crippen LogP contribution in [0, 0.1) is 18.3 Å². The van der Waals surface area contributed by atoms with Gasteiger partial charge in [-0.25, -0.2) is 13.2 Å². The molecule has 1 unspecified atom stereocenters. The van der Waals surface area contributed by atoms with Crippen LogP contribution >= 0.6 is 9.39 Å². The van der Waals surface area contributed by atoms with Crippen molar-refractivity contribution in [3.8, 4) is 6.07 Å². The molecule has 11 heteroatoms. The van der Waals surface area contributed by atoms with Crippen molar-refractivity contribution in [3.05, 3.63) is 67.0 Å². The lowest BCUT2D eigenvalue weighted by Crippen LogP contribution is -2.38. The van der Waals surface area contributed by atoms with Gasteiger partial charge in [-0.2, -0.15) is 9.75 Å². The minimum absolute atomic E-state index is 0.0464. The average Bonchev–Trinajstić information content (AvgIpc) is 2.67. The zero-order chi connectivity index (χ0) is 22.6. The van der Waals surface area contributed by atoms with Crippen molar-refractivity contribution in [2.45, 2.75) is 39.7 Å². The van der Waals surface area contributed by atoms with E-state index in [0.717, 1.165) is 4.57 Å². The molecule has 0 saturated carbocycles. The number of nitriles is 1. The van der Waals surface area contributed by atoms with Gasteiger partial charge in [0.1, 0.15) is 5.69 Å². The third kappa shape index (κ3) is 5.30. The number of aromatic amines is 1. The van der Waals surface area contributed by atoms with Crippen molar-refractivity contribution in [1.82, 2.24) is 14.0 Å². The molecule has 30 heavy (non-hydrogen) atoms. The molecular weight excluding hydrogens is 427 g/mol. The number of hydrogen-bond acceptors (Lipinski definition) is 6. The van der Waals surface area contributed by atoms with Crippen molar-refractivity contribution in [2.24, 2.45) is 0 Å². The Morgan fingerprint density at radius 2 is 1.97 bits per heavy atom. The second kappa shape index (κ2) is 9.47. The fraction of sp³-hybridized carbons (Fsp3) is 0.368. The minimum atomic E-state index is -3.53. The molecule has 1 heterocycles. The molecule has 1 aromatic heterocycles. The van der Waals surface area contributed by atoms with E-state index in [9.17, 15) is 28.1 Å². The Morgan fingerprint density at radius 3 is 2.53 bits per heavy atom. The molecule has 160 valence electrons. The lowest BCUT2D eigenvalue weighted by atomic mass is 9.95. The largest absolute Gasteiger partial charge is 0.328 e. The minimum Gasteiger partial charge on any atom is -0.290 e. The van der Waals surface area contributed by atoms with Gasteiger partial charge in [0.15, 0.2) is 0 Å². The molecule has 0 saturated heterocycles. The van der Waals surface area contributed by atoms with Crippen LogP contribution in [0.25, 0.3) is 0 Å². The van der Waals surface area contributed by atoms with Gasteiger partial charge in [-0.15, -0.1) is 0 Å². The summed E-state index contributed by atoms with van der Waals surface area (Å²) in [7, 11) is -1.63. The number of sulfonamides is 1. The van der Waals surface area contributed by atoms with E-state index in [-0.39, 0.29) is 47.0 Å². The molecule has 0 spiro atoms. The fourth-order valence-corrected chi connectivity index (χ4v) is 4.15. The molecular formula is C19H23N4O5PS. The number of aromatic nitrogens is 2. The summed E-state index contributed by atoms with van der Waals surface area (Å²) in [4.78, 5) is 40.6. The summed E-state index contributed by atoms with van der Waals surface area (Å²) in [5.74, 6) is -1.22. The maximum absolute atomic E-state index is 13.4. The van der Waals surface area contributed by atoms with Crippen LogP contribution in [0.2, 0.25) is 0 Å². The van der Waals surface area contributed by atoms with Crippen LogP contribution in [0.15, 0.2) is 27.8 Å². The number of nitrogens with one attached hydrogen (secondary N) is 2. The zero-order valence-electron chi connectivity index (χ0n) is 16.9. The molecule has 9 nitrogen and oxygen atoms in total. The summed E-state index contributed by atoms with van der Waals surface area (Å²) < 4.78 is 26.6. The Morgan fingerprint density at radius 1 is 1.30 bits per heavy atom. The first-order chi connectivity index (χ1) is 14.0. The highest BCUT2D eigenvalue weighted by Gasteiger charge is 2.25. The first-order valence-corrected chi connectivity index (χ1v) is 11.4.